The summed E-state index contributed by atoms with van der Waals surface area (Å²) >= 11 is 0. The van der Waals surface area contributed by atoms with E-state index in [2.05, 4.69) is 4.98 Å². The second-order valence-corrected chi connectivity index (χ2v) is 5.06. The van der Waals surface area contributed by atoms with Gasteiger partial charge in [0, 0.05) is 18.0 Å². The van der Waals surface area contributed by atoms with Crippen molar-refractivity contribution in [3.8, 4) is 0 Å². The van der Waals surface area contributed by atoms with Crippen molar-refractivity contribution < 1.29 is 4.79 Å². The Balaban J connectivity index is 1.92. The van der Waals surface area contributed by atoms with Crippen LogP contribution in [0.5, 0.6) is 0 Å². The smallest absolute Gasteiger partial charge is 0.280 e. The number of rotatable bonds is 1. The summed E-state index contributed by atoms with van der Waals surface area (Å²) in [7, 11) is 1.91. The minimum Gasteiger partial charge on any atom is -0.340 e. The van der Waals surface area contributed by atoms with Crippen molar-refractivity contribution in [1.82, 2.24) is 14.1 Å². The molecule has 4 nitrogen and oxygen atoms in total. The molecule has 0 spiro atoms. The Morgan fingerprint density at radius 2 is 1.71 bits per heavy atom. The van der Waals surface area contributed by atoms with E-state index in [1.165, 1.54) is 0 Å². The van der Waals surface area contributed by atoms with Gasteiger partial charge in [-0.1, -0.05) is 30.3 Å². The van der Waals surface area contributed by atoms with Gasteiger partial charge in [0.25, 0.3) is 5.91 Å². The van der Waals surface area contributed by atoms with Crippen molar-refractivity contribution >= 4 is 27.8 Å². The van der Waals surface area contributed by atoms with Crippen molar-refractivity contribution in [2.75, 3.05) is 0 Å². The van der Waals surface area contributed by atoms with Crippen LogP contribution in [0.4, 0.5) is 0 Å². The molecule has 2 heterocycles. The molecule has 4 rings (SSSR count). The van der Waals surface area contributed by atoms with Gasteiger partial charge in [-0.05, 0) is 24.3 Å². The van der Waals surface area contributed by atoms with Crippen LogP contribution in [0.1, 0.15) is 10.5 Å². The third-order valence-electron chi connectivity index (χ3n) is 3.84. The second-order valence-electron chi connectivity index (χ2n) is 5.06. The number of carbonyl (C=O) groups is 1. The summed E-state index contributed by atoms with van der Waals surface area (Å²) in [5.74, 6) is -0.0672. The highest BCUT2D eigenvalue weighted by Gasteiger charge is 2.16. The summed E-state index contributed by atoms with van der Waals surface area (Å²) in [6, 6.07) is 17.5. The summed E-state index contributed by atoms with van der Waals surface area (Å²) in [6.07, 6.45) is 1.59. The Morgan fingerprint density at radius 3 is 2.52 bits per heavy atom. The lowest BCUT2D eigenvalue weighted by Crippen LogP contribution is -2.14. The standard InChI is InChI=1S/C17H13N3O/c1-19-14-8-4-2-6-12(14)10-16(19)17(21)20-11-18-13-7-3-5-9-15(13)20/h2-11H,1H3. The summed E-state index contributed by atoms with van der Waals surface area (Å²) in [5, 5.41) is 1.06. The predicted molar refractivity (Wildman–Crippen MR) is 82.4 cm³/mol. The molecule has 0 N–H and O–H groups in total. The van der Waals surface area contributed by atoms with E-state index in [-0.39, 0.29) is 5.91 Å². The van der Waals surface area contributed by atoms with E-state index < -0.39 is 0 Å². The largest absolute Gasteiger partial charge is 0.340 e. The monoisotopic (exact) mass is 275 g/mol. The molecule has 0 amide bonds. The molecule has 0 aliphatic heterocycles. The van der Waals surface area contributed by atoms with Crippen LogP contribution < -0.4 is 0 Å². The van der Waals surface area contributed by atoms with E-state index in [1.807, 2.05) is 66.2 Å². The Morgan fingerprint density at radius 1 is 1.00 bits per heavy atom. The van der Waals surface area contributed by atoms with E-state index in [0.29, 0.717) is 5.69 Å². The molecule has 21 heavy (non-hydrogen) atoms. The molecular formula is C17H13N3O. The van der Waals surface area contributed by atoms with Crippen LogP contribution in [-0.2, 0) is 7.05 Å². The van der Waals surface area contributed by atoms with E-state index in [4.69, 9.17) is 0 Å². The number of para-hydroxylation sites is 3. The molecular weight excluding hydrogens is 262 g/mol. The van der Waals surface area contributed by atoms with Crippen molar-refractivity contribution in [2.45, 2.75) is 0 Å². The zero-order valence-electron chi connectivity index (χ0n) is 11.5. The first-order valence-electron chi connectivity index (χ1n) is 6.77. The third-order valence-corrected chi connectivity index (χ3v) is 3.84. The average Bonchev–Trinajstić information content (AvgIpc) is 3.09. The third kappa shape index (κ3) is 1.69. The van der Waals surface area contributed by atoms with E-state index in [0.717, 1.165) is 21.9 Å². The van der Waals surface area contributed by atoms with Crippen molar-refractivity contribution in [3.05, 3.63) is 66.6 Å². The fourth-order valence-electron chi connectivity index (χ4n) is 2.74. The quantitative estimate of drug-likeness (QED) is 0.535. The lowest BCUT2D eigenvalue weighted by molar-refractivity contribution is 0.0957. The molecule has 2 aromatic carbocycles. The SMILES string of the molecule is Cn1c(C(=O)n2cnc3ccccc32)cc2ccccc21. The highest BCUT2D eigenvalue weighted by atomic mass is 16.2. The molecule has 0 saturated carbocycles. The van der Waals surface area contributed by atoms with Gasteiger partial charge >= 0.3 is 0 Å². The molecule has 102 valence electrons. The Hall–Kier alpha value is -2.88. The van der Waals surface area contributed by atoms with Gasteiger partial charge in [-0.3, -0.25) is 9.36 Å². The molecule has 0 saturated heterocycles. The van der Waals surface area contributed by atoms with Gasteiger partial charge in [-0.25, -0.2) is 4.98 Å². The van der Waals surface area contributed by atoms with Gasteiger partial charge in [-0.2, -0.15) is 0 Å². The lowest BCUT2D eigenvalue weighted by Gasteiger charge is -2.05. The first-order chi connectivity index (χ1) is 10.3. The first-order valence-corrected chi connectivity index (χ1v) is 6.77. The topological polar surface area (TPSA) is 39.8 Å². The number of nitrogens with zero attached hydrogens (tertiary/aromatic N) is 3. The van der Waals surface area contributed by atoms with Gasteiger partial charge in [0.05, 0.1) is 11.0 Å². The van der Waals surface area contributed by atoms with Crippen molar-refractivity contribution in [3.63, 3.8) is 0 Å². The molecule has 0 atom stereocenters. The van der Waals surface area contributed by atoms with Gasteiger partial charge in [-0.15, -0.1) is 0 Å². The van der Waals surface area contributed by atoms with Crippen LogP contribution in [0.2, 0.25) is 0 Å². The van der Waals surface area contributed by atoms with Crippen LogP contribution in [0.3, 0.4) is 0 Å². The number of imidazole rings is 1. The van der Waals surface area contributed by atoms with Crippen molar-refractivity contribution in [2.24, 2.45) is 7.05 Å². The first kappa shape index (κ1) is 11.9. The fourth-order valence-corrected chi connectivity index (χ4v) is 2.74. The van der Waals surface area contributed by atoms with Crippen LogP contribution in [0, 0.1) is 0 Å². The number of aryl methyl sites for hydroxylation is 1. The molecule has 4 heteroatoms. The van der Waals surface area contributed by atoms with Crippen LogP contribution in [0.15, 0.2) is 60.9 Å². The maximum Gasteiger partial charge on any atom is 0.280 e. The lowest BCUT2D eigenvalue weighted by atomic mass is 10.2. The van der Waals surface area contributed by atoms with Gasteiger partial charge in [0.1, 0.15) is 12.0 Å². The molecule has 0 unspecified atom stereocenters. The van der Waals surface area contributed by atoms with E-state index in [9.17, 15) is 4.79 Å². The molecule has 0 aliphatic rings. The summed E-state index contributed by atoms with van der Waals surface area (Å²) in [4.78, 5) is 17.1. The fraction of sp³-hybridized carbons (Fsp3) is 0.0588. The maximum atomic E-state index is 12.8. The Kier molecular flexibility index (Phi) is 2.44. The van der Waals surface area contributed by atoms with Crippen LogP contribution in [0.25, 0.3) is 21.9 Å². The second kappa shape index (κ2) is 4.31. The predicted octanol–water partition coefficient (Wildman–Crippen LogP) is 3.22. The number of hydrogen-bond donors (Lipinski definition) is 0. The zero-order valence-corrected chi connectivity index (χ0v) is 11.5. The van der Waals surface area contributed by atoms with Crippen molar-refractivity contribution in [1.29, 1.82) is 0 Å². The molecule has 0 fully saturated rings. The summed E-state index contributed by atoms with van der Waals surface area (Å²) < 4.78 is 3.52. The Bertz CT molecular complexity index is 978. The molecule has 0 aliphatic carbocycles. The highest BCUT2D eigenvalue weighted by molar-refractivity contribution is 6.03. The molecule has 4 aromatic rings. The van der Waals surface area contributed by atoms with Gasteiger partial charge in [0.2, 0.25) is 0 Å². The van der Waals surface area contributed by atoms with Gasteiger partial charge in [0.15, 0.2) is 0 Å². The normalized spacial score (nSPS) is 11.3. The van der Waals surface area contributed by atoms with E-state index in [1.54, 1.807) is 10.9 Å². The summed E-state index contributed by atoms with van der Waals surface area (Å²) in [5.41, 5.74) is 3.35. The van der Waals surface area contributed by atoms with Crippen LogP contribution >= 0.6 is 0 Å². The zero-order chi connectivity index (χ0) is 14.4. The van der Waals surface area contributed by atoms with Crippen LogP contribution in [-0.4, -0.2) is 20.0 Å². The molecule has 0 bridgehead atoms. The number of fused-ring (bicyclic) bond motifs is 2. The number of aromatic nitrogens is 3. The minimum absolute atomic E-state index is 0.0672. The summed E-state index contributed by atoms with van der Waals surface area (Å²) in [6.45, 7) is 0. The number of carbonyl (C=O) groups excluding carboxylic acids is 1. The number of hydrogen-bond acceptors (Lipinski definition) is 2. The number of benzene rings is 2. The van der Waals surface area contributed by atoms with E-state index >= 15 is 0 Å². The highest BCUT2D eigenvalue weighted by Crippen LogP contribution is 2.20. The average molecular weight is 275 g/mol. The maximum absolute atomic E-state index is 12.8. The Labute approximate surface area is 121 Å². The van der Waals surface area contributed by atoms with Gasteiger partial charge < -0.3 is 4.57 Å². The molecule has 2 aromatic heterocycles. The molecule has 0 radical (unpaired) electrons. The minimum atomic E-state index is -0.0672.